The average Bonchev–Trinajstić information content (AvgIpc) is 2.88. The number of nitrogens with one attached hydrogen (secondary N) is 1. The van der Waals surface area contributed by atoms with E-state index in [0.717, 1.165) is 17.5 Å². The van der Waals surface area contributed by atoms with Crippen molar-refractivity contribution in [3.8, 4) is 0 Å². The van der Waals surface area contributed by atoms with Gasteiger partial charge in [-0.15, -0.1) is 0 Å². The molecule has 24 heavy (non-hydrogen) atoms. The van der Waals surface area contributed by atoms with Crippen molar-refractivity contribution < 1.29 is 9.59 Å². The molecule has 1 aliphatic heterocycles. The highest BCUT2D eigenvalue weighted by molar-refractivity contribution is 6.04. The Balaban J connectivity index is 1.93. The van der Waals surface area contributed by atoms with Crippen LogP contribution in [-0.2, 0) is 11.3 Å². The fourth-order valence-corrected chi connectivity index (χ4v) is 3.02. The summed E-state index contributed by atoms with van der Waals surface area (Å²) in [7, 11) is 0. The molecule has 0 unspecified atom stereocenters. The van der Waals surface area contributed by atoms with Crippen LogP contribution in [-0.4, -0.2) is 22.8 Å². The van der Waals surface area contributed by atoms with Crippen LogP contribution in [0.15, 0.2) is 54.6 Å². The summed E-state index contributed by atoms with van der Waals surface area (Å²) < 4.78 is 0. The van der Waals surface area contributed by atoms with Crippen molar-refractivity contribution >= 4 is 11.8 Å². The van der Waals surface area contributed by atoms with Crippen LogP contribution in [0.25, 0.3) is 0 Å². The van der Waals surface area contributed by atoms with Gasteiger partial charge in [-0.2, -0.15) is 0 Å². The molecule has 0 radical (unpaired) electrons. The van der Waals surface area contributed by atoms with Gasteiger partial charge in [-0.05, 0) is 30.5 Å². The quantitative estimate of drug-likeness (QED) is 0.918. The fraction of sp³-hybridized carbons (Fsp3) is 0.300. The van der Waals surface area contributed by atoms with Crippen LogP contribution in [0.2, 0.25) is 0 Å². The van der Waals surface area contributed by atoms with Crippen molar-refractivity contribution in [2.75, 3.05) is 0 Å². The van der Waals surface area contributed by atoms with E-state index < -0.39 is 6.04 Å². The maximum atomic E-state index is 12.8. The highest BCUT2D eigenvalue weighted by atomic mass is 16.2. The number of rotatable bonds is 5. The third-order valence-corrected chi connectivity index (χ3v) is 4.50. The Morgan fingerprint density at radius 2 is 1.79 bits per heavy atom. The van der Waals surface area contributed by atoms with Gasteiger partial charge in [-0.1, -0.05) is 55.5 Å². The highest BCUT2D eigenvalue weighted by Gasteiger charge is 2.40. The lowest BCUT2D eigenvalue weighted by Crippen LogP contribution is -2.42. The first-order chi connectivity index (χ1) is 11.6. The van der Waals surface area contributed by atoms with E-state index in [1.807, 2.05) is 62.4 Å². The maximum Gasteiger partial charge on any atom is 0.255 e. The van der Waals surface area contributed by atoms with Crippen LogP contribution >= 0.6 is 0 Å². The van der Waals surface area contributed by atoms with Gasteiger partial charge in [0.25, 0.3) is 5.91 Å². The lowest BCUT2D eigenvalue weighted by atomic mass is 10.0. The topological polar surface area (TPSA) is 49.4 Å². The summed E-state index contributed by atoms with van der Waals surface area (Å²) in [5.74, 6) is -0.197. The number of benzene rings is 2. The molecule has 4 heteroatoms. The Bertz CT molecular complexity index is 742. The molecule has 124 valence electrons. The SMILES string of the molecule is CC[C@@H](C)NC(=O)[C@H]1c2ccccc2C(=O)N1Cc1ccccc1. The van der Waals surface area contributed by atoms with E-state index in [1.165, 1.54) is 0 Å². The van der Waals surface area contributed by atoms with Crippen LogP contribution < -0.4 is 5.32 Å². The molecule has 0 bridgehead atoms. The number of fused-ring (bicyclic) bond motifs is 1. The molecule has 0 fully saturated rings. The second-order valence-electron chi connectivity index (χ2n) is 6.23. The van der Waals surface area contributed by atoms with Gasteiger partial charge in [0.15, 0.2) is 0 Å². The third-order valence-electron chi connectivity index (χ3n) is 4.50. The molecular weight excluding hydrogens is 300 g/mol. The van der Waals surface area contributed by atoms with Crippen LogP contribution in [0.3, 0.4) is 0 Å². The monoisotopic (exact) mass is 322 g/mol. The predicted molar refractivity (Wildman–Crippen MR) is 93.4 cm³/mol. The molecule has 2 atom stereocenters. The van der Waals surface area contributed by atoms with Crippen LogP contribution in [0.5, 0.6) is 0 Å². The normalized spacial score (nSPS) is 17.5. The minimum Gasteiger partial charge on any atom is -0.352 e. The van der Waals surface area contributed by atoms with Gasteiger partial charge < -0.3 is 10.2 Å². The zero-order valence-electron chi connectivity index (χ0n) is 14.0. The molecule has 1 N–H and O–H groups in total. The van der Waals surface area contributed by atoms with Crippen molar-refractivity contribution in [2.45, 2.75) is 38.9 Å². The predicted octanol–water partition coefficient (Wildman–Crippen LogP) is 3.30. The Morgan fingerprint density at radius 1 is 1.12 bits per heavy atom. The van der Waals surface area contributed by atoms with E-state index in [1.54, 1.807) is 11.0 Å². The summed E-state index contributed by atoms with van der Waals surface area (Å²) in [6.45, 7) is 4.43. The molecule has 0 saturated heterocycles. The zero-order valence-corrected chi connectivity index (χ0v) is 14.0. The summed E-state index contributed by atoms with van der Waals surface area (Å²) in [4.78, 5) is 27.3. The molecule has 0 aliphatic carbocycles. The minimum absolute atomic E-state index is 0.0824. The number of carbonyl (C=O) groups is 2. The van der Waals surface area contributed by atoms with Gasteiger partial charge in [0.05, 0.1) is 0 Å². The molecule has 2 aromatic carbocycles. The Labute approximate surface area is 142 Å². The number of carbonyl (C=O) groups excluding carboxylic acids is 2. The molecular formula is C20H22N2O2. The van der Waals surface area contributed by atoms with E-state index in [-0.39, 0.29) is 17.9 Å². The fourth-order valence-electron chi connectivity index (χ4n) is 3.02. The molecule has 0 aromatic heterocycles. The van der Waals surface area contributed by atoms with Gasteiger partial charge >= 0.3 is 0 Å². The number of amides is 2. The number of hydrogen-bond acceptors (Lipinski definition) is 2. The molecule has 0 spiro atoms. The minimum atomic E-state index is -0.567. The van der Waals surface area contributed by atoms with Crippen molar-refractivity contribution in [2.24, 2.45) is 0 Å². The van der Waals surface area contributed by atoms with Gasteiger partial charge in [0.2, 0.25) is 5.91 Å². The van der Waals surface area contributed by atoms with Crippen molar-refractivity contribution in [3.63, 3.8) is 0 Å². The maximum absolute atomic E-state index is 12.8. The Morgan fingerprint density at radius 3 is 2.50 bits per heavy atom. The van der Waals surface area contributed by atoms with Gasteiger partial charge in [-0.3, -0.25) is 9.59 Å². The third kappa shape index (κ3) is 3.04. The highest BCUT2D eigenvalue weighted by Crippen LogP contribution is 2.35. The van der Waals surface area contributed by atoms with E-state index in [0.29, 0.717) is 12.1 Å². The standard InChI is InChI=1S/C20H22N2O2/c1-3-14(2)21-19(23)18-16-11-7-8-12-17(16)20(24)22(18)13-15-9-5-4-6-10-15/h4-12,14,18H,3,13H2,1-2H3,(H,21,23)/t14-,18-/m1/s1. The zero-order chi connectivity index (χ0) is 17.1. The van der Waals surface area contributed by atoms with Crippen LogP contribution in [0.1, 0.15) is 47.8 Å². The molecule has 1 aliphatic rings. The first-order valence-corrected chi connectivity index (χ1v) is 8.36. The lowest BCUT2D eigenvalue weighted by Gasteiger charge is -2.26. The molecule has 4 nitrogen and oxygen atoms in total. The largest absolute Gasteiger partial charge is 0.352 e. The van der Waals surface area contributed by atoms with E-state index in [9.17, 15) is 9.59 Å². The van der Waals surface area contributed by atoms with Gasteiger partial charge in [0.1, 0.15) is 6.04 Å². The van der Waals surface area contributed by atoms with Gasteiger partial charge in [-0.25, -0.2) is 0 Å². The van der Waals surface area contributed by atoms with E-state index >= 15 is 0 Å². The van der Waals surface area contributed by atoms with Crippen LogP contribution in [0, 0.1) is 0 Å². The van der Waals surface area contributed by atoms with Crippen molar-refractivity contribution in [1.82, 2.24) is 10.2 Å². The summed E-state index contributed by atoms with van der Waals surface area (Å²) in [6.07, 6.45) is 0.854. The Kier molecular flexibility index (Phi) is 4.65. The molecule has 2 aromatic rings. The lowest BCUT2D eigenvalue weighted by molar-refractivity contribution is -0.126. The first-order valence-electron chi connectivity index (χ1n) is 8.36. The smallest absolute Gasteiger partial charge is 0.255 e. The van der Waals surface area contributed by atoms with Gasteiger partial charge in [0, 0.05) is 18.2 Å². The second-order valence-corrected chi connectivity index (χ2v) is 6.23. The Hall–Kier alpha value is -2.62. The van der Waals surface area contributed by atoms with Crippen molar-refractivity contribution in [1.29, 1.82) is 0 Å². The molecule has 0 saturated carbocycles. The molecule has 3 rings (SSSR count). The summed E-state index contributed by atoms with van der Waals surface area (Å²) in [6, 6.07) is 16.7. The molecule has 1 heterocycles. The molecule has 2 amide bonds. The summed E-state index contributed by atoms with van der Waals surface area (Å²) in [5, 5.41) is 3.02. The average molecular weight is 322 g/mol. The summed E-state index contributed by atoms with van der Waals surface area (Å²) in [5.41, 5.74) is 2.43. The number of hydrogen-bond donors (Lipinski definition) is 1. The van der Waals surface area contributed by atoms with Crippen molar-refractivity contribution in [3.05, 3.63) is 71.3 Å². The second kappa shape index (κ2) is 6.87. The van der Waals surface area contributed by atoms with Crippen LogP contribution in [0.4, 0.5) is 0 Å². The summed E-state index contributed by atoms with van der Waals surface area (Å²) >= 11 is 0. The van der Waals surface area contributed by atoms with E-state index in [4.69, 9.17) is 0 Å². The first kappa shape index (κ1) is 16.2. The van der Waals surface area contributed by atoms with E-state index in [2.05, 4.69) is 5.32 Å². The number of nitrogens with zero attached hydrogens (tertiary/aromatic N) is 1.